The Morgan fingerprint density at radius 1 is 1.10 bits per heavy atom. The van der Waals surface area contributed by atoms with Crippen LogP contribution in [-0.4, -0.2) is 24.3 Å². The lowest BCUT2D eigenvalue weighted by Gasteiger charge is -2.15. The van der Waals surface area contributed by atoms with Gasteiger partial charge in [-0.1, -0.05) is 12.1 Å². The summed E-state index contributed by atoms with van der Waals surface area (Å²) in [5, 5.41) is 6.98. The third kappa shape index (κ3) is 2.88. The molecule has 4 heterocycles. The molecule has 0 spiro atoms. The minimum absolute atomic E-state index is 0.152. The largest absolute Gasteiger partial charge is 0.464 e. The first kappa shape index (κ1) is 18.5. The molecule has 4 aromatic heterocycles. The van der Waals surface area contributed by atoms with Crippen molar-refractivity contribution in [3.05, 3.63) is 70.4 Å². The molecular formula is C22H19N5O2S. The van der Waals surface area contributed by atoms with Crippen molar-refractivity contribution in [3.63, 3.8) is 0 Å². The van der Waals surface area contributed by atoms with E-state index in [1.165, 1.54) is 16.0 Å². The third-order valence-electron chi connectivity index (χ3n) is 5.20. The number of aromatic nitrogens is 5. The predicted molar refractivity (Wildman–Crippen MR) is 118 cm³/mol. The Balaban J connectivity index is 1.61. The van der Waals surface area contributed by atoms with Crippen LogP contribution >= 0.6 is 11.3 Å². The fraction of sp³-hybridized carbons (Fsp3) is 0.182. The molecule has 1 atom stereocenters. The van der Waals surface area contributed by atoms with E-state index in [0.29, 0.717) is 11.3 Å². The number of rotatable bonds is 4. The molecule has 0 saturated carbocycles. The van der Waals surface area contributed by atoms with Gasteiger partial charge in [0.2, 0.25) is 5.88 Å². The summed E-state index contributed by atoms with van der Waals surface area (Å²) in [5.74, 6) is 1.22. The van der Waals surface area contributed by atoms with Gasteiger partial charge in [0.1, 0.15) is 4.70 Å². The summed E-state index contributed by atoms with van der Waals surface area (Å²) < 4.78 is 10.3. The van der Waals surface area contributed by atoms with Crippen LogP contribution in [0.15, 0.2) is 59.0 Å². The third-order valence-corrected chi connectivity index (χ3v) is 6.17. The van der Waals surface area contributed by atoms with Crippen molar-refractivity contribution in [3.8, 4) is 17.0 Å². The van der Waals surface area contributed by atoms with E-state index in [9.17, 15) is 4.79 Å². The second kappa shape index (κ2) is 7.07. The zero-order valence-corrected chi connectivity index (χ0v) is 17.6. The van der Waals surface area contributed by atoms with Crippen molar-refractivity contribution in [2.24, 2.45) is 14.1 Å². The lowest BCUT2D eigenvalue weighted by molar-refractivity contribution is 0.203. The number of fused-ring (bicyclic) bond motifs is 2. The van der Waals surface area contributed by atoms with E-state index in [-0.39, 0.29) is 11.7 Å². The van der Waals surface area contributed by atoms with Gasteiger partial charge in [-0.2, -0.15) is 0 Å². The average molecular weight is 417 g/mol. The second-order valence-electron chi connectivity index (χ2n) is 7.10. The summed E-state index contributed by atoms with van der Waals surface area (Å²) in [5.41, 5.74) is 3.60. The van der Waals surface area contributed by atoms with Crippen LogP contribution in [0.25, 0.3) is 32.2 Å². The van der Waals surface area contributed by atoms with E-state index in [2.05, 4.69) is 10.1 Å². The first-order chi connectivity index (χ1) is 14.5. The highest BCUT2D eigenvalue weighted by Gasteiger charge is 2.21. The molecule has 5 rings (SSSR count). The van der Waals surface area contributed by atoms with Crippen LogP contribution in [0.4, 0.5) is 0 Å². The van der Waals surface area contributed by atoms with Crippen LogP contribution in [-0.2, 0) is 14.1 Å². The molecule has 5 aromatic rings. The molecule has 0 aliphatic heterocycles. The van der Waals surface area contributed by atoms with Gasteiger partial charge in [0.25, 0.3) is 5.56 Å². The van der Waals surface area contributed by atoms with Crippen LogP contribution in [0.5, 0.6) is 5.88 Å². The van der Waals surface area contributed by atoms with Crippen LogP contribution in [0, 0.1) is 0 Å². The van der Waals surface area contributed by atoms with E-state index < -0.39 is 0 Å². The van der Waals surface area contributed by atoms with Crippen LogP contribution in [0.3, 0.4) is 0 Å². The maximum absolute atomic E-state index is 12.9. The summed E-state index contributed by atoms with van der Waals surface area (Å²) in [6.07, 6.45) is 3.09. The van der Waals surface area contributed by atoms with E-state index in [1.54, 1.807) is 19.4 Å². The van der Waals surface area contributed by atoms with Crippen molar-refractivity contribution in [1.82, 2.24) is 24.3 Å². The molecule has 150 valence electrons. The molecular weight excluding hydrogens is 398 g/mol. The molecule has 0 aliphatic rings. The first-order valence-electron chi connectivity index (χ1n) is 9.51. The Morgan fingerprint density at radius 2 is 1.87 bits per heavy atom. The Hall–Kier alpha value is -3.52. The molecule has 0 amide bonds. The summed E-state index contributed by atoms with van der Waals surface area (Å²) in [6.45, 7) is 1.94. The molecule has 0 saturated heterocycles. The fourth-order valence-electron chi connectivity index (χ4n) is 3.69. The van der Waals surface area contributed by atoms with Crippen LogP contribution < -0.4 is 10.3 Å². The zero-order chi connectivity index (χ0) is 20.8. The highest BCUT2D eigenvalue weighted by molar-refractivity contribution is 7.18. The Labute approximate surface area is 176 Å². The van der Waals surface area contributed by atoms with Gasteiger partial charge in [0.15, 0.2) is 11.9 Å². The average Bonchev–Trinajstić information content (AvgIpc) is 3.35. The van der Waals surface area contributed by atoms with E-state index in [1.807, 2.05) is 60.3 Å². The van der Waals surface area contributed by atoms with Gasteiger partial charge in [0, 0.05) is 37.4 Å². The number of para-hydroxylation sites is 2. The van der Waals surface area contributed by atoms with Crippen molar-refractivity contribution < 1.29 is 4.74 Å². The number of imidazole rings is 1. The molecule has 8 heteroatoms. The summed E-state index contributed by atoms with van der Waals surface area (Å²) in [6, 6.07) is 11.8. The minimum Gasteiger partial charge on any atom is -0.464 e. The molecule has 0 N–H and O–H groups in total. The molecule has 0 radical (unpaired) electrons. The van der Waals surface area contributed by atoms with Gasteiger partial charge in [-0.15, -0.1) is 16.4 Å². The van der Waals surface area contributed by atoms with Gasteiger partial charge in [-0.05, 0) is 36.8 Å². The number of ether oxygens (including phenoxy) is 1. The normalized spacial score (nSPS) is 12.5. The number of hydrogen-bond acceptors (Lipinski definition) is 6. The Morgan fingerprint density at radius 3 is 2.63 bits per heavy atom. The summed E-state index contributed by atoms with van der Waals surface area (Å²) in [4.78, 5) is 21.7. The molecule has 0 bridgehead atoms. The van der Waals surface area contributed by atoms with Crippen molar-refractivity contribution in [1.29, 1.82) is 0 Å². The number of thiophene rings is 1. The van der Waals surface area contributed by atoms with Crippen LogP contribution in [0.2, 0.25) is 0 Å². The van der Waals surface area contributed by atoms with Gasteiger partial charge < -0.3 is 9.30 Å². The quantitative estimate of drug-likeness (QED) is 0.440. The molecule has 7 nitrogen and oxygen atoms in total. The monoisotopic (exact) mass is 417 g/mol. The summed E-state index contributed by atoms with van der Waals surface area (Å²) >= 11 is 1.46. The van der Waals surface area contributed by atoms with Gasteiger partial charge in [-0.3, -0.25) is 9.78 Å². The molecule has 1 aromatic carbocycles. The Kier molecular flexibility index (Phi) is 4.36. The SMILES string of the molecule is CC(Oc1nn(C)c(=O)c2c(-c3ccncc3)csc12)c1nc2ccccc2n1C. The van der Waals surface area contributed by atoms with Gasteiger partial charge >= 0.3 is 0 Å². The van der Waals surface area contributed by atoms with E-state index in [4.69, 9.17) is 9.72 Å². The Bertz CT molecular complexity index is 1440. The summed E-state index contributed by atoms with van der Waals surface area (Å²) in [7, 11) is 3.61. The lowest BCUT2D eigenvalue weighted by atomic mass is 10.1. The number of nitrogens with zero attached hydrogens (tertiary/aromatic N) is 5. The van der Waals surface area contributed by atoms with Crippen LogP contribution in [0.1, 0.15) is 18.9 Å². The predicted octanol–water partition coefficient (Wildman–Crippen LogP) is 4.08. The standard InChI is InChI=1S/C22H19N5O2S/c1-13(20-24-16-6-4-5-7-17(16)26(20)2)29-21-19-18(22(28)27(3)25-21)15(12-30-19)14-8-10-23-11-9-14/h4-13H,1-3H3. The second-order valence-corrected chi connectivity index (χ2v) is 7.98. The minimum atomic E-state index is -0.345. The highest BCUT2D eigenvalue weighted by atomic mass is 32.1. The zero-order valence-electron chi connectivity index (χ0n) is 16.7. The van der Waals surface area contributed by atoms with Gasteiger partial charge in [0.05, 0.1) is 16.4 Å². The maximum atomic E-state index is 12.9. The number of aryl methyl sites for hydroxylation is 2. The lowest BCUT2D eigenvalue weighted by Crippen LogP contribution is -2.21. The first-order valence-corrected chi connectivity index (χ1v) is 10.4. The van der Waals surface area contributed by atoms with E-state index in [0.717, 1.165) is 32.7 Å². The van der Waals surface area contributed by atoms with Gasteiger partial charge in [-0.25, -0.2) is 9.67 Å². The topological polar surface area (TPSA) is 74.8 Å². The number of benzene rings is 1. The van der Waals surface area contributed by atoms with E-state index >= 15 is 0 Å². The number of pyridine rings is 1. The van der Waals surface area contributed by atoms with Crippen molar-refractivity contribution in [2.45, 2.75) is 13.0 Å². The van der Waals surface area contributed by atoms with Crippen molar-refractivity contribution >= 4 is 32.5 Å². The molecule has 1 unspecified atom stereocenters. The molecule has 0 fully saturated rings. The smallest absolute Gasteiger partial charge is 0.276 e. The number of hydrogen-bond donors (Lipinski definition) is 0. The maximum Gasteiger partial charge on any atom is 0.276 e. The fourth-order valence-corrected chi connectivity index (χ4v) is 4.68. The van der Waals surface area contributed by atoms with Crippen molar-refractivity contribution in [2.75, 3.05) is 0 Å². The molecule has 30 heavy (non-hydrogen) atoms. The highest BCUT2D eigenvalue weighted by Crippen LogP contribution is 2.37. The molecule has 0 aliphatic carbocycles.